The summed E-state index contributed by atoms with van der Waals surface area (Å²) in [7, 11) is 1.56. The Labute approximate surface area is 153 Å². The number of anilines is 2. The first kappa shape index (κ1) is 18.3. The van der Waals surface area contributed by atoms with Crippen LogP contribution in [0.15, 0.2) is 36.9 Å². The third-order valence-corrected chi connectivity index (χ3v) is 4.62. The van der Waals surface area contributed by atoms with Crippen molar-refractivity contribution in [3.63, 3.8) is 0 Å². The highest BCUT2D eigenvalue weighted by Gasteiger charge is 2.23. The molecule has 1 aliphatic rings. The summed E-state index contributed by atoms with van der Waals surface area (Å²) in [6, 6.07) is 4.09. The van der Waals surface area contributed by atoms with Gasteiger partial charge >= 0.3 is 0 Å². The van der Waals surface area contributed by atoms with E-state index < -0.39 is 0 Å². The van der Waals surface area contributed by atoms with Gasteiger partial charge in [0.1, 0.15) is 18.2 Å². The summed E-state index contributed by atoms with van der Waals surface area (Å²) < 4.78 is 4.97. The van der Waals surface area contributed by atoms with E-state index in [2.05, 4.69) is 20.3 Å². The minimum Gasteiger partial charge on any atom is -0.375 e. The standard InChI is InChI=1S/C19H25N5O2/c1-26-14-19(25)24-10-2-3-16(13-24)5-4-15-6-7-21-17(11-15)23-18-12-20-8-9-22-18/h6-9,11-12,16H,2-5,10,13-14H2,1H3,(H,21,22,23). The second kappa shape index (κ2) is 9.24. The number of aryl methyl sites for hydroxylation is 1. The Morgan fingerprint density at radius 2 is 2.19 bits per heavy atom. The van der Waals surface area contributed by atoms with E-state index in [0.717, 1.165) is 38.2 Å². The zero-order valence-electron chi connectivity index (χ0n) is 15.1. The molecule has 0 aliphatic carbocycles. The molecule has 1 saturated heterocycles. The number of likely N-dealkylation sites (tertiary alicyclic amines) is 1. The molecule has 0 aromatic carbocycles. The van der Waals surface area contributed by atoms with Crippen molar-refractivity contribution in [2.24, 2.45) is 5.92 Å². The average molecular weight is 355 g/mol. The fourth-order valence-electron chi connectivity index (χ4n) is 3.31. The molecule has 7 nitrogen and oxygen atoms in total. The fraction of sp³-hybridized carbons (Fsp3) is 0.474. The van der Waals surface area contributed by atoms with Crippen molar-refractivity contribution in [1.29, 1.82) is 0 Å². The Balaban J connectivity index is 1.53. The topological polar surface area (TPSA) is 80.2 Å². The Kier molecular flexibility index (Phi) is 6.49. The number of hydrogen-bond donors (Lipinski definition) is 1. The Bertz CT molecular complexity index is 710. The van der Waals surface area contributed by atoms with Crippen molar-refractivity contribution in [2.45, 2.75) is 25.7 Å². The SMILES string of the molecule is COCC(=O)N1CCCC(CCc2ccnc(Nc3cnccn3)c2)C1. The molecular weight excluding hydrogens is 330 g/mol. The summed E-state index contributed by atoms with van der Waals surface area (Å²) in [5, 5.41) is 3.17. The van der Waals surface area contributed by atoms with Gasteiger partial charge in [0.2, 0.25) is 5.91 Å². The number of amides is 1. The molecule has 2 aromatic rings. The molecule has 1 N–H and O–H groups in total. The highest BCUT2D eigenvalue weighted by Crippen LogP contribution is 2.22. The maximum atomic E-state index is 12.0. The van der Waals surface area contributed by atoms with E-state index >= 15 is 0 Å². The summed E-state index contributed by atoms with van der Waals surface area (Å²) in [5.41, 5.74) is 1.23. The fourth-order valence-corrected chi connectivity index (χ4v) is 3.31. The summed E-state index contributed by atoms with van der Waals surface area (Å²) in [6.07, 6.45) is 11.0. The average Bonchev–Trinajstić information content (AvgIpc) is 2.68. The maximum absolute atomic E-state index is 12.0. The van der Waals surface area contributed by atoms with Crippen molar-refractivity contribution in [3.8, 4) is 0 Å². The molecule has 3 heterocycles. The molecule has 1 unspecified atom stereocenters. The predicted octanol–water partition coefficient (Wildman–Crippen LogP) is 2.43. The predicted molar refractivity (Wildman–Crippen MR) is 99.1 cm³/mol. The van der Waals surface area contributed by atoms with Crippen molar-refractivity contribution in [2.75, 3.05) is 32.1 Å². The van der Waals surface area contributed by atoms with Crippen LogP contribution in [-0.2, 0) is 16.0 Å². The number of piperidine rings is 1. The van der Waals surface area contributed by atoms with E-state index in [9.17, 15) is 4.79 Å². The number of carbonyl (C=O) groups excluding carboxylic acids is 1. The van der Waals surface area contributed by atoms with Crippen LogP contribution in [0.4, 0.5) is 11.6 Å². The molecular formula is C19H25N5O2. The van der Waals surface area contributed by atoms with Gasteiger partial charge in [-0.3, -0.25) is 9.78 Å². The summed E-state index contributed by atoms with van der Waals surface area (Å²) in [4.78, 5) is 26.5. The molecule has 2 aromatic heterocycles. The van der Waals surface area contributed by atoms with Crippen LogP contribution in [0, 0.1) is 5.92 Å². The molecule has 1 aliphatic heterocycles. The van der Waals surface area contributed by atoms with Crippen LogP contribution >= 0.6 is 0 Å². The van der Waals surface area contributed by atoms with Crippen LogP contribution in [0.3, 0.4) is 0 Å². The van der Waals surface area contributed by atoms with E-state index in [1.807, 2.05) is 23.2 Å². The van der Waals surface area contributed by atoms with Crippen LogP contribution in [0.5, 0.6) is 0 Å². The monoisotopic (exact) mass is 355 g/mol. The van der Waals surface area contributed by atoms with Gasteiger partial charge in [-0.2, -0.15) is 0 Å². The van der Waals surface area contributed by atoms with Gasteiger partial charge in [-0.15, -0.1) is 0 Å². The Morgan fingerprint density at radius 1 is 1.31 bits per heavy atom. The van der Waals surface area contributed by atoms with Gasteiger partial charge < -0.3 is 15.0 Å². The molecule has 26 heavy (non-hydrogen) atoms. The van der Waals surface area contributed by atoms with Crippen LogP contribution in [0.25, 0.3) is 0 Å². The van der Waals surface area contributed by atoms with Crippen LogP contribution in [-0.4, -0.2) is 52.6 Å². The molecule has 0 saturated carbocycles. The van der Waals surface area contributed by atoms with Gasteiger partial charge in [0.05, 0.1) is 6.20 Å². The van der Waals surface area contributed by atoms with E-state index in [-0.39, 0.29) is 12.5 Å². The van der Waals surface area contributed by atoms with E-state index in [4.69, 9.17) is 4.74 Å². The molecule has 1 atom stereocenters. The Hall–Kier alpha value is -2.54. The lowest BCUT2D eigenvalue weighted by Crippen LogP contribution is -2.41. The Morgan fingerprint density at radius 3 is 3.00 bits per heavy atom. The quantitative estimate of drug-likeness (QED) is 0.822. The number of nitrogens with one attached hydrogen (secondary N) is 1. The number of rotatable bonds is 7. The number of methoxy groups -OCH3 is 1. The third kappa shape index (κ3) is 5.23. The van der Waals surface area contributed by atoms with E-state index in [1.165, 1.54) is 12.0 Å². The lowest BCUT2D eigenvalue weighted by molar-refractivity contribution is -0.137. The van der Waals surface area contributed by atoms with E-state index in [1.54, 1.807) is 25.7 Å². The normalized spacial score (nSPS) is 17.1. The molecule has 0 radical (unpaired) electrons. The van der Waals surface area contributed by atoms with Gasteiger partial charge in [0, 0.05) is 38.8 Å². The molecule has 1 fully saturated rings. The zero-order valence-corrected chi connectivity index (χ0v) is 15.1. The lowest BCUT2D eigenvalue weighted by atomic mass is 9.92. The molecule has 0 spiro atoms. The van der Waals surface area contributed by atoms with Gasteiger partial charge in [0.25, 0.3) is 0 Å². The lowest BCUT2D eigenvalue weighted by Gasteiger charge is -2.32. The summed E-state index contributed by atoms with van der Waals surface area (Å²) >= 11 is 0. The minimum atomic E-state index is 0.0940. The highest BCUT2D eigenvalue weighted by atomic mass is 16.5. The van der Waals surface area contributed by atoms with Crippen molar-refractivity contribution >= 4 is 17.5 Å². The molecule has 0 bridgehead atoms. The molecule has 3 rings (SSSR count). The van der Waals surface area contributed by atoms with Gasteiger partial charge in [-0.1, -0.05) is 0 Å². The van der Waals surface area contributed by atoms with Crippen LogP contribution in [0.2, 0.25) is 0 Å². The summed E-state index contributed by atoms with van der Waals surface area (Å²) in [6.45, 7) is 1.85. The molecule has 1 amide bonds. The van der Waals surface area contributed by atoms with Gasteiger partial charge in [0.15, 0.2) is 0 Å². The summed E-state index contributed by atoms with van der Waals surface area (Å²) in [5.74, 6) is 2.07. The van der Waals surface area contributed by atoms with Crippen LogP contribution < -0.4 is 5.32 Å². The number of ether oxygens (including phenoxy) is 1. The highest BCUT2D eigenvalue weighted by molar-refractivity contribution is 5.77. The second-order valence-electron chi connectivity index (χ2n) is 6.58. The minimum absolute atomic E-state index is 0.0940. The van der Waals surface area contributed by atoms with Crippen molar-refractivity contribution in [3.05, 3.63) is 42.5 Å². The van der Waals surface area contributed by atoms with Crippen molar-refractivity contribution in [1.82, 2.24) is 19.9 Å². The smallest absolute Gasteiger partial charge is 0.248 e. The van der Waals surface area contributed by atoms with Crippen molar-refractivity contribution < 1.29 is 9.53 Å². The first-order valence-electron chi connectivity index (χ1n) is 8.99. The van der Waals surface area contributed by atoms with Gasteiger partial charge in [-0.25, -0.2) is 9.97 Å². The number of pyridine rings is 1. The number of carbonyl (C=O) groups is 1. The molecule has 138 valence electrons. The third-order valence-electron chi connectivity index (χ3n) is 4.62. The largest absolute Gasteiger partial charge is 0.375 e. The number of hydrogen-bond acceptors (Lipinski definition) is 6. The van der Waals surface area contributed by atoms with Crippen LogP contribution in [0.1, 0.15) is 24.8 Å². The van der Waals surface area contributed by atoms with E-state index in [0.29, 0.717) is 11.7 Å². The van der Waals surface area contributed by atoms with Gasteiger partial charge in [-0.05, 0) is 49.3 Å². The zero-order chi connectivity index (χ0) is 18.2. The number of nitrogens with zero attached hydrogens (tertiary/aromatic N) is 4. The molecule has 7 heteroatoms. The second-order valence-corrected chi connectivity index (χ2v) is 6.58. The first-order valence-corrected chi connectivity index (χ1v) is 8.99. The first-order chi connectivity index (χ1) is 12.7. The maximum Gasteiger partial charge on any atom is 0.248 e. The number of aromatic nitrogens is 3.